The number of benzene rings is 1. The first-order valence-electron chi connectivity index (χ1n) is 6.74. The molecule has 1 aromatic rings. The van der Waals surface area contributed by atoms with Gasteiger partial charge in [-0.25, -0.2) is 0 Å². The second-order valence-corrected chi connectivity index (χ2v) is 5.13. The molecule has 0 aliphatic rings. The second-order valence-electron chi connectivity index (χ2n) is 5.13. The predicted molar refractivity (Wildman–Crippen MR) is 77.0 cm³/mol. The van der Waals surface area contributed by atoms with E-state index < -0.39 is 0 Å². The van der Waals surface area contributed by atoms with E-state index in [9.17, 15) is 9.59 Å². The lowest BCUT2D eigenvalue weighted by molar-refractivity contribution is -0.130. The van der Waals surface area contributed by atoms with Gasteiger partial charge in [0.05, 0.1) is 0 Å². The van der Waals surface area contributed by atoms with Gasteiger partial charge in [-0.2, -0.15) is 0 Å². The number of rotatable bonds is 6. The van der Waals surface area contributed by atoms with Crippen molar-refractivity contribution < 1.29 is 14.3 Å². The lowest BCUT2D eigenvalue weighted by atomic mass is 10.1. The lowest BCUT2D eigenvalue weighted by Crippen LogP contribution is -2.43. The fraction of sp³-hybridized carbons (Fsp3) is 0.467. The molecule has 0 saturated heterocycles. The third kappa shape index (κ3) is 6.78. The van der Waals surface area contributed by atoms with Crippen LogP contribution in [0.5, 0.6) is 5.75 Å². The first-order chi connectivity index (χ1) is 9.47. The summed E-state index contributed by atoms with van der Waals surface area (Å²) in [7, 11) is 0. The van der Waals surface area contributed by atoms with Crippen LogP contribution in [0.25, 0.3) is 0 Å². The van der Waals surface area contributed by atoms with Gasteiger partial charge in [0.15, 0.2) is 6.61 Å². The Morgan fingerprint density at radius 3 is 2.55 bits per heavy atom. The molecule has 0 radical (unpaired) electrons. The van der Waals surface area contributed by atoms with Gasteiger partial charge in [0.25, 0.3) is 5.91 Å². The fourth-order valence-electron chi connectivity index (χ4n) is 1.51. The zero-order chi connectivity index (χ0) is 15.0. The van der Waals surface area contributed by atoms with Crippen LogP contribution in [0.3, 0.4) is 0 Å². The van der Waals surface area contributed by atoms with Crippen LogP contribution in [-0.2, 0) is 9.59 Å². The van der Waals surface area contributed by atoms with Gasteiger partial charge in [0.2, 0.25) is 5.91 Å². The number of hydrogen-bond donors (Lipinski definition) is 2. The van der Waals surface area contributed by atoms with Crippen LogP contribution < -0.4 is 15.6 Å². The van der Waals surface area contributed by atoms with Gasteiger partial charge in [-0.05, 0) is 37.0 Å². The summed E-state index contributed by atoms with van der Waals surface area (Å²) in [6, 6.07) is 7.42. The average Bonchev–Trinajstić information content (AvgIpc) is 2.40. The first-order valence-corrected chi connectivity index (χ1v) is 6.74. The molecule has 0 unspecified atom stereocenters. The van der Waals surface area contributed by atoms with Crippen LogP contribution in [-0.4, -0.2) is 18.4 Å². The third-order valence-electron chi connectivity index (χ3n) is 2.65. The van der Waals surface area contributed by atoms with Gasteiger partial charge in [0, 0.05) is 6.42 Å². The van der Waals surface area contributed by atoms with Crippen LogP contribution in [0.4, 0.5) is 0 Å². The summed E-state index contributed by atoms with van der Waals surface area (Å²) in [6.45, 7) is 5.90. The number of amides is 2. The Hall–Kier alpha value is -2.04. The monoisotopic (exact) mass is 278 g/mol. The largest absolute Gasteiger partial charge is 0.484 e. The van der Waals surface area contributed by atoms with Crippen molar-refractivity contribution in [2.45, 2.75) is 33.6 Å². The summed E-state index contributed by atoms with van der Waals surface area (Å²) in [5, 5.41) is 0. The molecule has 1 rings (SSSR count). The molecule has 0 aliphatic heterocycles. The van der Waals surface area contributed by atoms with E-state index in [1.165, 1.54) is 0 Å². The van der Waals surface area contributed by atoms with Crippen molar-refractivity contribution in [3.8, 4) is 5.75 Å². The summed E-state index contributed by atoms with van der Waals surface area (Å²) in [5.74, 6) is 0.513. The van der Waals surface area contributed by atoms with E-state index in [1.807, 2.05) is 39.0 Å². The van der Waals surface area contributed by atoms with Gasteiger partial charge in [-0.3, -0.25) is 20.4 Å². The minimum Gasteiger partial charge on any atom is -0.484 e. The molecule has 20 heavy (non-hydrogen) atoms. The maximum Gasteiger partial charge on any atom is 0.276 e. The second kappa shape index (κ2) is 8.19. The van der Waals surface area contributed by atoms with E-state index in [1.54, 1.807) is 6.07 Å². The molecule has 0 aromatic heterocycles. The molecule has 2 amide bonds. The SMILES string of the molecule is Cc1cccc(OCC(=O)NNC(=O)CCC(C)C)c1. The van der Waals surface area contributed by atoms with Crippen LogP contribution in [0.1, 0.15) is 32.3 Å². The van der Waals surface area contributed by atoms with Crippen LogP contribution >= 0.6 is 0 Å². The Labute approximate surface area is 119 Å². The number of hydrazine groups is 1. The summed E-state index contributed by atoms with van der Waals surface area (Å²) in [4.78, 5) is 22.9. The maximum absolute atomic E-state index is 11.5. The molecule has 0 heterocycles. The van der Waals surface area contributed by atoms with Crippen molar-refractivity contribution in [1.29, 1.82) is 0 Å². The number of carbonyl (C=O) groups excluding carboxylic acids is 2. The molecule has 0 bridgehead atoms. The zero-order valence-electron chi connectivity index (χ0n) is 12.2. The molecule has 5 heteroatoms. The summed E-state index contributed by atoms with van der Waals surface area (Å²) >= 11 is 0. The lowest BCUT2D eigenvalue weighted by Gasteiger charge is -2.09. The Morgan fingerprint density at radius 2 is 1.90 bits per heavy atom. The standard InChI is InChI=1S/C15H22N2O3/c1-11(2)7-8-14(18)16-17-15(19)10-20-13-6-4-5-12(3)9-13/h4-6,9,11H,7-8,10H2,1-3H3,(H,16,18)(H,17,19). The van der Waals surface area contributed by atoms with Crippen LogP contribution in [0.2, 0.25) is 0 Å². The van der Waals surface area contributed by atoms with E-state index in [0.29, 0.717) is 18.1 Å². The topological polar surface area (TPSA) is 67.4 Å². The summed E-state index contributed by atoms with van der Waals surface area (Å²) in [5.41, 5.74) is 5.75. The van der Waals surface area contributed by atoms with Gasteiger partial charge < -0.3 is 4.74 Å². The zero-order valence-corrected chi connectivity index (χ0v) is 12.2. The molecule has 0 saturated carbocycles. The minimum absolute atomic E-state index is 0.131. The highest BCUT2D eigenvalue weighted by molar-refractivity contribution is 5.82. The highest BCUT2D eigenvalue weighted by Crippen LogP contribution is 2.11. The fourth-order valence-corrected chi connectivity index (χ4v) is 1.51. The summed E-state index contributed by atoms with van der Waals surface area (Å²) in [6.07, 6.45) is 1.19. The van der Waals surface area contributed by atoms with Gasteiger partial charge in [-0.15, -0.1) is 0 Å². The van der Waals surface area contributed by atoms with Crippen molar-refractivity contribution in [3.05, 3.63) is 29.8 Å². The van der Waals surface area contributed by atoms with Gasteiger partial charge in [-0.1, -0.05) is 26.0 Å². The number of ether oxygens (including phenoxy) is 1. The number of aryl methyl sites for hydroxylation is 1. The predicted octanol–water partition coefficient (Wildman–Crippen LogP) is 1.96. The molecule has 5 nitrogen and oxygen atoms in total. The van der Waals surface area contributed by atoms with Crippen molar-refractivity contribution in [2.24, 2.45) is 5.92 Å². The molecular weight excluding hydrogens is 256 g/mol. The summed E-state index contributed by atoms with van der Waals surface area (Å²) < 4.78 is 5.32. The third-order valence-corrected chi connectivity index (χ3v) is 2.65. The quantitative estimate of drug-likeness (QED) is 0.782. The van der Waals surface area contributed by atoms with E-state index in [-0.39, 0.29) is 18.4 Å². The van der Waals surface area contributed by atoms with Crippen molar-refractivity contribution in [3.63, 3.8) is 0 Å². The molecule has 1 aromatic carbocycles. The van der Waals surface area contributed by atoms with Crippen molar-refractivity contribution in [2.75, 3.05) is 6.61 Å². The number of hydrogen-bond acceptors (Lipinski definition) is 3. The molecule has 0 aliphatic carbocycles. The molecule has 110 valence electrons. The number of nitrogens with one attached hydrogen (secondary N) is 2. The first kappa shape index (κ1) is 16.0. The highest BCUT2D eigenvalue weighted by atomic mass is 16.5. The average molecular weight is 278 g/mol. The van der Waals surface area contributed by atoms with E-state index in [4.69, 9.17) is 4.74 Å². The normalized spacial score (nSPS) is 10.2. The van der Waals surface area contributed by atoms with Crippen LogP contribution in [0.15, 0.2) is 24.3 Å². The smallest absolute Gasteiger partial charge is 0.276 e. The maximum atomic E-state index is 11.5. The Kier molecular flexibility index (Phi) is 6.56. The Balaban J connectivity index is 2.22. The van der Waals surface area contributed by atoms with E-state index in [2.05, 4.69) is 10.9 Å². The van der Waals surface area contributed by atoms with Crippen molar-refractivity contribution >= 4 is 11.8 Å². The molecule has 0 atom stereocenters. The minimum atomic E-state index is -0.385. The Morgan fingerprint density at radius 1 is 1.20 bits per heavy atom. The van der Waals surface area contributed by atoms with Crippen molar-refractivity contribution in [1.82, 2.24) is 10.9 Å². The molecule has 0 fully saturated rings. The highest BCUT2D eigenvalue weighted by Gasteiger charge is 2.06. The molecule has 2 N–H and O–H groups in total. The van der Waals surface area contributed by atoms with Gasteiger partial charge in [0.1, 0.15) is 5.75 Å². The van der Waals surface area contributed by atoms with E-state index in [0.717, 1.165) is 12.0 Å². The molecule has 0 spiro atoms. The molecular formula is C15H22N2O3. The van der Waals surface area contributed by atoms with Crippen LogP contribution in [0, 0.1) is 12.8 Å². The van der Waals surface area contributed by atoms with E-state index >= 15 is 0 Å². The Bertz CT molecular complexity index is 458. The van der Waals surface area contributed by atoms with Gasteiger partial charge >= 0.3 is 0 Å². The number of carbonyl (C=O) groups is 2.